The highest BCUT2D eigenvalue weighted by Gasteiger charge is 2.23. The number of carbonyl (C=O) groups excluding carboxylic acids is 1. The van der Waals surface area contributed by atoms with Crippen LogP contribution in [0.3, 0.4) is 0 Å². The maximum absolute atomic E-state index is 13.0. The van der Waals surface area contributed by atoms with Crippen LogP contribution in [0.1, 0.15) is 24.8 Å². The Morgan fingerprint density at radius 3 is 2.85 bits per heavy atom. The molecule has 0 aromatic heterocycles. The highest BCUT2D eigenvalue weighted by atomic mass is 35.5. The van der Waals surface area contributed by atoms with Crippen molar-refractivity contribution in [1.29, 1.82) is 0 Å². The minimum atomic E-state index is -0.364. The normalized spacial score (nSPS) is 18.2. The van der Waals surface area contributed by atoms with E-state index in [4.69, 9.17) is 11.6 Å². The van der Waals surface area contributed by atoms with Gasteiger partial charge in [0.25, 0.3) is 0 Å². The first-order valence-electron chi connectivity index (χ1n) is 6.50. The van der Waals surface area contributed by atoms with E-state index in [0.717, 1.165) is 31.4 Å². The first kappa shape index (κ1) is 17.2. The third-order valence-electron chi connectivity index (χ3n) is 3.41. The number of rotatable bonds is 3. The van der Waals surface area contributed by atoms with E-state index in [1.807, 2.05) is 0 Å². The van der Waals surface area contributed by atoms with Crippen LogP contribution in [0.25, 0.3) is 0 Å². The molecule has 1 aromatic rings. The lowest BCUT2D eigenvalue weighted by molar-refractivity contribution is -0.133. The molecule has 1 atom stereocenters. The highest BCUT2D eigenvalue weighted by Crippen LogP contribution is 2.19. The largest absolute Gasteiger partial charge is 0.340 e. The zero-order valence-corrected chi connectivity index (χ0v) is 12.9. The van der Waals surface area contributed by atoms with Crippen LogP contribution < -0.4 is 5.32 Å². The summed E-state index contributed by atoms with van der Waals surface area (Å²) in [5, 5.41) is 3.58. The number of halogens is 3. The van der Waals surface area contributed by atoms with E-state index in [1.54, 1.807) is 18.0 Å². The number of hydrogen-bond acceptors (Lipinski definition) is 2. The molecule has 6 heteroatoms. The molecule has 1 aliphatic heterocycles. The summed E-state index contributed by atoms with van der Waals surface area (Å²) in [6, 6.07) is 4.15. The van der Waals surface area contributed by atoms with Gasteiger partial charge in [-0.3, -0.25) is 4.79 Å². The third-order valence-corrected chi connectivity index (χ3v) is 3.76. The summed E-state index contributed by atoms with van der Waals surface area (Å²) in [6.07, 6.45) is 3.08. The molecule has 112 valence electrons. The molecule has 1 aliphatic rings. The Bertz CT molecular complexity index is 464. The van der Waals surface area contributed by atoms with Gasteiger partial charge in [-0.2, -0.15) is 0 Å². The van der Waals surface area contributed by atoms with Crippen LogP contribution in [0, 0.1) is 5.82 Å². The van der Waals surface area contributed by atoms with Crippen molar-refractivity contribution in [3.63, 3.8) is 0 Å². The van der Waals surface area contributed by atoms with E-state index in [2.05, 4.69) is 5.32 Å². The standard InChI is InChI=1S/C14H18ClFN2O.ClH/c1-18(14(19)13-4-2-3-7-17-13)9-10-5-6-11(16)8-12(10)15;/h5-6,8,13,17H,2-4,7,9H2,1H3;1H/t13-;/m0./s1. The first-order chi connectivity index (χ1) is 9.08. The Morgan fingerprint density at radius 2 is 2.25 bits per heavy atom. The third kappa shape index (κ3) is 4.33. The molecule has 1 fully saturated rings. The minimum absolute atomic E-state index is 0. The van der Waals surface area contributed by atoms with E-state index in [-0.39, 0.29) is 30.2 Å². The molecule has 0 radical (unpaired) electrons. The molecule has 0 unspecified atom stereocenters. The van der Waals surface area contributed by atoms with E-state index in [9.17, 15) is 9.18 Å². The molecule has 0 aliphatic carbocycles. The number of benzene rings is 1. The number of likely N-dealkylation sites (N-methyl/N-ethyl adjacent to an activating group) is 1. The summed E-state index contributed by atoms with van der Waals surface area (Å²) in [6.45, 7) is 1.29. The van der Waals surface area contributed by atoms with Crippen molar-refractivity contribution in [3.05, 3.63) is 34.6 Å². The van der Waals surface area contributed by atoms with Gasteiger partial charge in [0.2, 0.25) is 5.91 Å². The lowest BCUT2D eigenvalue weighted by Crippen LogP contribution is -2.47. The van der Waals surface area contributed by atoms with Crippen molar-refractivity contribution in [2.45, 2.75) is 31.8 Å². The molecule has 1 heterocycles. The molecule has 1 N–H and O–H groups in total. The number of amides is 1. The summed E-state index contributed by atoms with van der Waals surface area (Å²) in [7, 11) is 1.75. The van der Waals surface area contributed by atoms with E-state index in [0.29, 0.717) is 11.6 Å². The molecule has 1 amide bonds. The quantitative estimate of drug-likeness (QED) is 0.928. The van der Waals surface area contributed by atoms with Crippen molar-refractivity contribution >= 4 is 29.9 Å². The Morgan fingerprint density at radius 1 is 1.50 bits per heavy atom. The van der Waals surface area contributed by atoms with Gasteiger partial charge in [0.05, 0.1) is 6.04 Å². The van der Waals surface area contributed by atoms with Gasteiger partial charge in [-0.15, -0.1) is 12.4 Å². The van der Waals surface area contributed by atoms with Gasteiger partial charge in [-0.25, -0.2) is 4.39 Å². The van der Waals surface area contributed by atoms with Crippen molar-refractivity contribution in [1.82, 2.24) is 10.2 Å². The predicted molar refractivity (Wildman–Crippen MR) is 80.8 cm³/mol. The monoisotopic (exact) mass is 320 g/mol. The second-order valence-corrected chi connectivity index (χ2v) is 5.34. The smallest absolute Gasteiger partial charge is 0.239 e. The molecule has 0 saturated carbocycles. The molecule has 3 nitrogen and oxygen atoms in total. The summed E-state index contributed by atoms with van der Waals surface area (Å²) >= 11 is 5.97. The number of nitrogens with zero attached hydrogens (tertiary/aromatic N) is 1. The van der Waals surface area contributed by atoms with Gasteiger partial charge in [-0.1, -0.05) is 24.1 Å². The molecular weight excluding hydrogens is 302 g/mol. The molecule has 1 saturated heterocycles. The number of nitrogens with one attached hydrogen (secondary N) is 1. The lowest BCUT2D eigenvalue weighted by Gasteiger charge is -2.27. The molecular formula is C14H19Cl2FN2O. The SMILES string of the molecule is CN(Cc1ccc(F)cc1Cl)C(=O)[C@@H]1CCCCN1.Cl. The Hall–Kier alpha value is -0.840. The van der Waals surface area contributed by atoms with Crippen LogP contribution >= 0.6 is 24.0 Å². The van der Waals surface area contributed by atoms with Crippen molar-refractivity contribution < 1.29 is 9.18 Å². The number of hydrogen-bond donors (Lipinski definition) is 1. The Labute approximate surface area is 129 Å². The Balaban J connectivity index is 0.00000200. The van der Waals surface area contributed by atoms with E-state index < -0.39 is 0 Å². The topological polar surface area (TPSA) is 32.3 Å². The summed E-state index contributed by atoms with van der Waals surface area (Å²) in [5.74, 6) is -0.295. The van der Waals surface area contributed by atoms with Gasteiger partial charge in [0.1, 0.15) is 5.82 Å². The molecule has 0 bridgehead atoms. The van der Waals surface area contributed by atoms with Gasteiger partial charge >= 0.3 is 0 Å². The van der Waals surface area contributed by atoms with E-state index in [1.165, 1.54) is 12.1 Å². The average molecular weight is 321 g/mol. The second kappa shape index (κ2) is 7.81. The fourth-order valence-electron chi connectivity index (χ4n) is 2.31. The van der Waals surface area contributed by atoms with Crippen LogP contribution in [0.4, 0.5) is 4.39 Å². The van der Waals surface area contributed by atoms with Crippen LogP contribution in [0.15, 0.2) is 18.2 Å². The van der Waals surface area contributed by atoms with Crippen molar-refractivity contribution in [3.8, 4) is 0 Å². The maximum atomic E-state index is 13.0. The summed E-state index contributed by atoms with van der Waals surface area (Å²) in [5.41, 5.74) is 0.759. The predicted octanol–water partition coefficient (Wildman–Crippen LogP) is 3.00. The van der Waals surface area contributed by atoms with Gasteiger partial charge < -0.3 is 10.2 Å². The number of carbonyl (C=O) groups is 1. The van der Waals surface area contributed by atoms with Crippen LogP contribution in [0.2, 0.25) is 5.02 Å². The van der Waals surface area contributed by atoms with Gasteiger partial charge in [0, 0.05) is 18.6 Å². The van der Waals surface area contributed by atoms with Crippen molar-refractivity contribution in [2.24, 2.45) is 0 Å². The van der Waals surface area contributed by atoms with E-state index >= 15 is 0 Å². The first-order valence-corrected chi connectivity index (χ1v) is 6.88. The lowest BCUT2D eigenvalue weighted by atomic mass is 10.0. The molecule has 20 heavy (non-hydrogen) atoms. The number of piperidine rings is 1. The van der Waals surface area contributed by atoms with Crippen molar-refractivity contribution in [2.75, 3.05) is 13.6 Å². The Kier molecular flexibility index (Phi) is 6.72. The zero-order chi connectivity index (χ0) is 13.8. The zero-order valence-electron chi connectivity index (χ0n) is 11.4. The summed E-state index contributed by atoms with van der Waals surface area (Å²) in [4.78, 5) is 13.9. The van der Waals surface area contributed by atoms with Crippen LogP contribution in [-0.4, -0.2) is 30.4 Å². The van der Waals surface area contributed by atoms with Gasteiger partial charge in [0.15, 0.2) is 0 Å². The summed E-state index contributed by atoms with van der Waals surface area (Å²) < 4.78 is 13.0. The minimum Gasteiger partial charge on any atom is -0.340 e. The fraction of sp³-hybridized carbons (Fsp3) is 0.500. The second-order valence-electron chi connectivity index (χ2n) is 4.93. The van der Waals surface area contributed by atoms with Gasteiger partial charge in [-0.05, 0) is 37.1 Å². The highest BCUT2D eigenvalue weighted by molar-refractivity contribution is 6.31. The fourth-order valence-corrected chi connectivity index (χ4v) is 2.54. The molecule has 0 spiro atoms. The molecule has 2 rings (SSSR count). The van der Waals surface area contributed by atoms with Crippen LogP contribution in [0.5, 0.6) is 0 Å². The van der Waals surface area contributed by atoms with Crippen LogP contribution in [-0.2, 0) is 11.3 Å². The average Bonchev–Trinajstić information content (AvgIpc) is 2.42. The maximum Gasteiger partial charge on any atom is 0.239 e. The molecule has 1 aromatic carbocycles.